The second-order valence-electron chi connectivity index (χ2n) is 6.19. The average molecular weight is 350 g/mol. The molecule has 4 aromatic rings. The zero-order valence-electron chi connectivity index (χ0n) is 13.6. The number of benzene rings is 3. The number of carbonyl (C=O) groups is 1. The normalized spacial score (nSPS) is 11.3. The minimum absolute atomic E-state index is 0.0816. The van der Waals surface area contributed by atoms with Gasteiger partial charge in [0.1, 0.15) is 0 Å². The van der Waals surface area contributed by atoms with Gasteiger partial charge in [-0.1, -0.05) is 60.1 Å². The highest BCUT2D eigenvalue weighted by atomic mass is 35.5. The number of H-pyrrole nitrogens is 1. The number of aryl methyl sites for hydroxylation is 1. The molecule has 0 unspecified atom stereocenters. The van der Waals surface area contributed by atoms with Crippen molar-refractivity contribution >= 4 is 39.2 Å². The number of aromatic nitrogens is 1. The molecule has 25 heavy (non-hydrogen) atoms. The van der Waals surface area contributed by atoms with Crippen molar-refractivity contribution in [3.8, 4) is 11.3 Å². The fourth-order valence-electron chi connectivity index (χ4n) is 3.46. The third kappa shape index (κ3) is 2.57. The fourth-order valence-corrected chi connectivity index (χ4v) is 3.74. The first-order valence-corrected chi connectivity index (χ1v) is 8.43. The molecular weight excluding hydrogens is 334 g/mol. The molecule has 0 aliphatic rings. The van der Waals surface area contributed by atoms with E-state index < -0.39 is 5.97 Å². The van der Waals surface area contributed by atoms with Crippen LogP contribution in [0.4, 0.5) is 0 Å². The summed E-state index contributed by atoms with van der Waals surface area (Å²) in [7, 11) is 0. The Labute approximate surface area is 149 Å². The molecule has 0 radical (unpaired) electrons. The molecule has 0 aliphatic heterocycles. The van der Waals surface area contributed by atoms with Crippen molar-refractivity contribution in [3.05, 3.63) is 70.7 Å². The Kier molecular flexibility index (Phi) is 3.74. The number of carboxylic acids is 1. The Balaban J connectivity index is 2.12. The zero-order valence-corrected chi connectivity index (χ0v) is 14.4. The van der Waals surface area contributed by atoms with E-state index in [1.165, 1.54) is 0 Å². The van der Waals surface area contributed by atoms with E-state index in [1.807, 2.05) is 43.3 Å². The summed E-state index contributed by atoms with van der Waals surface area (Å²) in [6.07, 6.45) is -0.0816. The van der Waals surface area contributed by atoms with Crippen molar-refractivity contribution in [1.82, 2.24) is 4.98 Å². The number of aliphatic carboxylic acids is 1. The van der Waals surface area contributed by atoms with Crippen molar-refractivity contribution < 1.29 is 9.90 Å². The van der Waals surface area contributed by atoms with Crippen LogP contribution in [-0.2, 0) is 11.2 Å². The topological polar surface area (TPSA) is 53.1 Å². The van der Waals surface area contributed by atoms with Crippen LogP contribution in [0.25, 0.3) is 32.9 Å². The van der Waals surface area contributed by atoms with Crippen LogP contribution < -0.4 is 0 Å². The second kappa shape index (κ2) is 5.94. The monoisotopic (exact) mass is 349 g/mol. The smallest absolute Gasteiger partial charge is 0.307 e. The van der Waals surface area contributed by atoms with E-state index in [0.29, 0.717) is 5.02 Å². The standard InChI is InChI=1S/C21H16ClNO2/c1-12-9-10-17(22)19-16(11-18(24)25)21(23-20(12)19)15-8-4-6-13-5-2-3-7-14(13)15/h2-10,23H,11H2,1H3,(H,24,25). The van der Waals surface area contributed by atoms with Crippen molar-refractivity contribution in [3.63, 3.8) is 0 Å². The van der Waals surface area contributed by atoms with Crippen LogP contribution >= 0.6 is 11.6 Å². The highest BCUT2D eigenvalue weighted by Crippen LogP contribution is 2.38. The van der Waals surface area contributed by atoms with Gasteiger partial charge in [-0.05, 0) is 34.9 Å². The van der Waals surface area contributed by atoms with E-state index in [0.717, 1.165) is 44.1 Å². The van der Waals surface area contributed by atoms with Gasteiger partial charge in [0.2, 0.25) is 0 Å². The SMILES string of the molecule is Cc1ccc(Cl)c2c(CC(=O)O)c(-c3cccc4ccccc34)[nH]c12. The zero-order chi connectivity index (χ0) is 17.6. The molecule has 0 saturated heterocycles. The highest BCUT2D eigenvalue weighted by molar-refractivity contribution is 6.36. The Morgan fingerprint density at radius 3 is 2.64 bits per heavy atom. The molecule has 2 N–H and O–H groups in total. The molecule has 0 fully saturated rings. The number of rotatable bonds is 3. The number of hydrogen-bond acceptors (Lipinski definition) is 1. The lowest BCUT2D eigenvalue weighted by Crippen LogP contribution is -2.01. The molecule has 4 heteroatoms. The summed E-state index contributed by atoms with van der Waals surface area (Å²) < 4.78 is 0. The summed E-state index contributed by atoms with van der Waals surface area (Å²) >= 11 is 6.42. The number of hydrogen-bond donors (Lipinski definition) is 2. The minimum atomic E-state index is -0.875. The van der Waals surface area contributed by atoms with Crippen LogP contribution in [0.2, 0.25) is 5.02 Å². The van der Waals surface area contributed by atoms with Crippen molar-refractivity contribution in [2.75, 3.05) is 0 Å². The van der Waals surface area contributed by atoms with E-state index in [9.17, 15) is 9.90 Å². The van der Waals surface area contributed by atoms with Gasteiger partial charge in [0.15, 0.2) is 0 Å². The van der Waals surface area contributed by atoms with Crippen molar-refractivity contribution in [2.45, 2.75) is 13.3 Å². The van der Waals surface area contributed by atoms with E-state index in [4.69, 9.17) is 11.6 Å². The van der Waals surface area contributed by atoms with Gasteiger partial charge >= 0.3 is 5.97 Å². The van der Waals surface area contributed by atoms with Crippen molar-refractivity contribution in [2.24, 2.45) is 0 Å². The number of aromatic amines is 1. The van der Waals surface area contributed by atoms with Crippen LogP contribution in [0.1, 0.15) is 11.1 Å². The van der Waals surface area contributed by atoms with E-state index in [2.05, 4.69) is 23.2 Å². The van der Waals surface area contributed by atoms with Crippen LogP contribution in [-0.4, -0.2) is 16.1 Å². The average Bonchev–Trinajstić information content (AvgIpc) is 2.97. The summed E-state index contributed by atoms with van der Waals surface area (Å²) in [5.74, 6) is -0.875. The maximum atomic E-state index is 11.5. The molecule has 3 nitrogen and oxygen atoms in total. The first-order valence-electron chi connectivity index (χ1n) is 8.06. The van der Waals surface area contributed by atoms with Gasteiger partial charge in [-0.15, -0.1) is 0 Å². The van der Waals surface area contributed by atoms with E-state index >= 15 is 0 Å². The second-order valence-corrected chi connectivity index (χ2v) is 6.60. The maximum Gasteiger partial charge on any atom is 0.307 e. The molecule has 1 heterocycles. The Hall–Kier alpha value is -2.78. The lowest BCUT2D eigenvalue weighted by Gasteiger charge is -2.08. The van der Waals surface area contributed by atoms with Gasteiger partial charge in [0, 0.05) is 10.9 Å². The molecule has 0 saturated carbocycles. The van der Waals surface area contributed by atoms with Crippen LogP contribution in [0.5, 0.6) is 0 Å². The molecule has 0 atom stereocenters. The summed E-state index contributed by atoms with van der Waals surface area (Å²) in [4.78, 5) is 14.9. The molecule has 0 amide bonds. The van der Waals surface area contributed by atoms with Gasteiger partial charge in [0.05, 0.1) is 22.7 Å². The lowest BCUT2D eigenvalue weighted by atomic mass is 9.97. The molecule has 0 bridgehead atoms. The quantitative estimate of drug-likeness (QED) is 0.507. The van der Waals surface area contributed by atoms with Crippen molar-refractivity contribution in [1.29, 1.82) is 0 Å². The van der Waals surface area contributed by atoms with Crippen LogP contribution in [0.15, 0.2) is 54.6 Å². The van der Waals surface area contributed by atoms with Gasteiger partial charge < -0.3 is 10.1 Å². The van der Waals surface area contributed by atoms with Gasteiger partial charge in [-0.25, -0.2) is 0 Å². The van der Waals surface area contributed by atoms with E-state index in [-0.39, 0.29) is 6.42 Å². The highest BCUT2D eigenvalue weighted by Gasteiger charge is 2.20. The number of fused-ring (bicyclic) bond motifs is 2. The Bertz CT molecular complexity index is 1120. The van der Waals surface area contributed by atoms with Gasteiger partial charge in [-0.3, -0.25) is 4.79 Å². The Morgan fingerprint density at radius 2 is 1.84 bits per heavy atom. The summed E-state index contributed by atoms with van der Waals surface area (Å²) in [6, 6.07) is 17.9. The largest absolute Gasteiger partial charge is 0.481 e. The molecule has 0 aliphatic carbocycles. The van der Waals surface area contributed by atoms with Crippen LogP contribution in [0, 0.1) is 6.92 Å². The maximum absolute atomic E-state index is 11.5. The Morgan fingerprint density at radius 1 is 1.08 bits per heavy atom. The third-order valence-corrected chi connectivity index (χ3v) is 4.92. The molecule has 4 rings (SSSR count). The minimum Gasteiger partial charge on any atom is -0.481 e. The third-order valence-electron chi connectivity index (χ3n) is 4.60. The molecule has 1 aromatic heterocycles. The van der Waals surface area contributed by atoms with Gasteiger partial charge in [-0.2, -0.15) is 0 Å². The first kappa shape index (κ1) is 15.7. The fraction of sp³-hybridized carbons (Fsp3) is 0.0952. The predicted octanol–water partition coefficient (Wildman–Crippen LogP) is 5.58. The molecular formula is C21H16ClNO2. The first-order chi connectivity index (χ1) is 12.1. The molecule has 3 aromatic carbocycles. The van der Waals surface area contributed by atoms with Crippen LogP contribution in [0.3, 0.4) is 0 Å². The summed E-state index contributed by atoms with van der Waals surface area (Å²) in [5, 5.41) is 13.0. The number of carboxylic acid groups (broad SMARTS) is 1. The number of nitrogens with one attached hydrogen (secondary N) is 1. The summed E-state index contributed by atoms with van der Waals surface area (Å²) in [5.41, 5.74) is 4.48. The molecule has 0 spiro atoms. The number of halogens is 1. The molecule has 124 valence electrons. The predicted molar refractivity (Wildman–Crippen MR) is 102 cm³/mol. The summed E-state index contributed by atoms with van der Waals surface area (Å²) in [6.45, 7) is 1.99. The van der Waals surface area contributed by atoms with E-state index in [1.54, 1.807) is 0 Å². The van der Waals surface area contributed by atoms with Gasteiger partial charge in [0.25, 0.3) is 0 Å². The lowest BCUT2D eigenvalue weighted by molar-refractivity contribution is -0.136.